The standard InChI is InChI=1S/C20H20ClN3O2/c1-12(25)23-14-5-4-6-15(10-14)24-19(26)20(2,3)17-11-22-18-9-13(21)7-8-16(17)18/h4-11,22H,1-3H3,(H,23,25)(H,24,26). The van der Waals surface area contributed by atoms with Crippen LogP contribution in [0.3, 0.4) is 0 Å². The molecule has 0 fully saturated rings. The molecule has 0 unspecified atom stereocenters. The number of hydrogen-bond acceptors (Lipinski definition) is 2. The van der Waals surface area contributed by atoms with Crippen LogP contribution in [-0.2, 0) is 15.0 Å². The van der Waals surface area contributed by atoms with Crippen LogP contribution in [0.25, 0.3) is 10.9 Å². The van der Waals surface area contributed by atoms with E-state index in [1.54, 1.807) is 24.3 Å². The second-order valence-electron chi connectivity index (χ2n) is 6.73. The lowest BCUT2D eigenvalue weighted by molar-refractivity contribution is -0.120. The van der Waals surface area contributed by atoms with Gasteiger partial charge in [-0.25, -0.2) is 0 Å². The molecular weight excluding hydrogens is 350 g/mol. The zero-order valence-electron chi connectivity index (χ0n) is 14.8. The first kappa shape index (κ1) is 18.0. The van der Waals surface area contributed by atoms with Crippen LogP contribution in [0.2, 0.25) is 5.02 Å². The molecule has 3 rings (SSSR count). The van der Waals surface area contributed by atoms with E-state index < -0.39 is 5.41 Å². The number of hydrogen-bond donors (Lipinski definition) is 3. The molecule has 1 aromatic heterocycles. The van der Waals surface area contributed by atoms with Crippen molar-refractivity contribution < 1.29 is 9.59 Å². The summed E-state index contributed by atoms with van der Waals surface area (Å²) >= 11 is 6.03. The van der Waals surface area contributed by atoms with Crippen LogP contribution in [0.4, 0.5) is 11.4 Å². The van der Waals surface area contributed by atoms with Crippen molar-refractivity contribution in [1.29, 1.82) is 0 Å². The molecule has 0 atom stereocenters. The van der Waals surface area contributed by atoms with E-state index in [1.807, 2.05) is 38.2 Å². The third kappa shape index (κ3) is 3.58. The van der Waals surface area contributed by atoms with E-state index >= 15 is 0 Å². The number of rotatable bonds is 4. The highest BCUT2D eigenvalue weighted by molar-refractivity contribution is 6.31. The van der Waals surface area contributed by atoms with Crippen LogP contribution < -0.4 is 10.6 Å². The maximum Gasteiger partial charge on any atom is 0.234 e. The molecule has 134 valence electrons. The van der Waals surface area contributed by atoms with Crippen LogP contribution >= 0.6 is 11.6 Å². The Morgan fingerprint density at radius 3 is 2.42 bits per heavy atom. The maximum absolute atomic E-state index is 12.9. The normalized spacial score (nSPS) is 11.4. The summed E-state index contributed by atoms with van der Waals surface area (Å²) in [5, 5.41) is 7.24. The lowest BCUT2D eigenvalue weighted by Crippen LogP contribution is -2.34. The van der Waals surface area contributed by atoms with E-state index in [-0.39, 0.29) is 11.8 Å². The molecular formula is C20H20ClN3O2. The number of nitrogens with one attached hydrogen (secondary N) is 3. The van der Waals surface area contributed by atoms with Crippen LogP contribution in [0.5, 0.6) is 0 Å². The fraction of sp³-hybridized carbons (Fsp3) is 0.200. The number of halogens is 1. The lowest BCUT2D eigenvalue weighted by Gasteiger charge is -2.23. The van der Waals surface area contributed by atoms with Gasteiger partial charge in [0.05, 0.1) is 5.41 Å². The Morgan fingerprint density at radius 1 is 1.04 bits per heavy atom. The molecule has 0 aliphatic heterocycles. The fourth-order valence-corrected chi connectivity index (χ4v) is 3.08. The van der Waals surface area contributed by atoms with Gasteiger partial charge >= 0.3 is 0 Å². The molecule has 0 radical (unpaired) electrons. The van der Waals surface area contributed by atoms with Crippen molar-refractivity contribution in [3.05, 3.63) is 59.2 Å². The molecule has 0 saturated heterocycles. The van der Waals surface area contributed by atoms with Crippen LogP contribution in [0.15, 0.2) is 48.7 Å². The Balaban J connectivity index is 1.87. The number of H-pyrrole nitrogens is 1. The number of carbonyl (C=O) groups excluding carboxylic acids is 2. The predicted octanol–water partition coefficient (Wildman–Crippen LogP) is 4.70. The van der Waals surface area contributed by atoms with Crippen molar-refractivity contribution in [2.75, 3.05) is 10.6 Å². The van der Waals surface area contributed by atoms with Gasteiger partial charge < -0.3 is 15.6 Å². The first-order valence-electron chi connectivity index (χ1n) is 8.23. The highest BCUT2D eigenvalue weighted by atomic mass is 35.5. The molecule has 0 bridgehead atoms. The Hall–Kier alpha value is -2.79. The molecule has 6 heteroatoms. The Bertz CT molecular complexity index is 992. The summed E-state index contributed by atoms with van der Waals surface area (Å²) in [6, 6.07) is 12.6. The molecule has 3 N–H and O–H groups in total. The van der Waals surface area contributed by atoms with Crippen molar-refractivity contribution in [3.8, 4) is 0 Å². The van der Waals surface area contributed by atoms with Gasteiger partial charge in [0.2, 0.25) is 11.8 Å². The van der Waals surface area contributed by atoms with Crippen molar-refractivity contribution in [1.82, 2.24) is 4.98 Å². The molecule has 0 spiro atoms. The van der Waals surface area contributed by atoms with Gasteiger partial charge in [0.15, 0.2) is 0 Å². The maximum atomic E-state index is 12.9. The number of aromatic nitrogens is 1. The molecule has 0 aliphatic carbocycles. The first-order chi connectivity index (χ1) is 12.3. The molecule has 2 aromatic carbocycles. The van der Waals surface area contributed by atoms with Gasteiger partial charge in [-0.15, -0.1) is 0 Å². The summed E-state index contributed by atoms with van der Waals surface area (Å²) in [5.74, 6) is -0.306. The Labute approximate surface area is 156 Å². The van der Waals surface area contributed by atoms with Gasteiger partial charge in [0.1, 0.15) is 0 Å². The topological polar surface area (TPSA) is 74.0 Å². The van der Waals surface area contributed by atoms with Gasteiger partial charge in [0, 0.05) is 40.4 Å². The molecule has 5 nitrogen and oxygen atoms in total. The second kappa shape index (κ2) is 6.84. The van der Waals surface area contributed by atoms with Gasteiger partial charge in [-0.2, -0.15) is 0 Å². The third-order valence-corrected chi connectivity index (χ3v) is 4.56. The van der Waals surface area contributed by atoms with Crippen molar-refractivity contribution in [2.45, 2.75) is 26.2 Å². The van der Waals surface area contributed by atoms with E-state index in [1.165, 1.54) is 6.92 Å². The average molecular weight is 370 g/mol. The number of carbonyl (C=O) groups is 2. The summed E-state index contributed by atoms with van der Waals surface area (Å²) in [6.45, 7) is 5.19. The summed E-state index contributed by atoms with van der Waals surface area (Å²) in [5.41, 5.74) is 2.27. The van der Waals surface area contributed by atoms with Crippen molar-refractivity contribution in [2.24, 2.45) is 0 Å². The number of anilines is 2. The van der Waals surface area contributed by atoms with E-state index in [2.05, 4.69) is 15.6 Å². The number of fused-ring (bicyclic) bond motifs is 1. The van der Waals surface area contributed by atoms with E-state index in [9.17, 15) is 9.59 Å². The zero-order valence-corrected chi connectivity index (χ0v) is 15.6. The number of aromatic amines is 1. The number of amides is 2. The quantitative estimate of drug-likeness (QED) is 0.623. The zero-order chi connectivity index (χ0) is 18.9. The molecule has 0 saturated carbocycles. The van der Waals surface area contributed by atoms with Gasteiger partial charge in [0.25, 0.3) is 0 Å². The van der Waals surface area contributed by atoms with Crippen molar-refractivity contribution >= 4 is 45.7 Å². The van der Waals surface area contributed by atoms with Gasteiger partial charge in [-0.05, 0) is 49.7 Å². The Kier molecular flexibility index (Phi) is 4.74. The lowest BCUT2D eigenvalue weighted by atomic mass is 9.83. The van der Waals surface area contributed by atoms with Gasteiger partial charge in [-0.1, -0.05) is 23.7 Å². The SMILES string of the molecule is CC(=O)Nc1cccc(NC(=O)C(C)(C)c2c[nH]c3cc(Cl)ccc23)c1. The minimum Gasteiger partial charge on any atom is -0.361 e. The molecule has 0 aliphatic rings. The third-order valence-electron chi connectivity index (χ3n) is 4.33. The molecule has 3 aromatic rings. The van der Waals surface area contributed by atoms with E-state index in [0.717, 1.165) is 16.5 Å². The van der Waals surface area contributed by atoms with Crippen LogP contribution in [0.1, 0.15) is 26.3 Å². The van der Waals surface area contributed by atoms with Crippen molar-refractivity contribution in [3.63, 3.8) is 0 Å². The molecule has 1 heterocycles. The van der Waals surface area contributed by atoms with E-state index in [4.69, 9.17) is 11.6 Å². The smallest absolute Gasteiger partial charge is 0.234 e. The largest absolute Gasteiger partial charge is 0.361 e. The monoisotopic (exact) mass is 369 g/mol. The van der Waals surface area contributed by atoms with Crippen LogP contribution in [0, 0.1) is 0 Å². The minimum atomic E-state index is -0.768. The highest BCUT2D eigenvalue weighted by Gasteiger charge is 2.32. The highest BCUT2D eigenvalue weighted by Crippen LogP contribution is 2.33. The summed E-state index contributed by atoms with van der Waals surface area (Å²) < 4.78 is 0. The van der Waals surface area contributed by atoms with Crippen LogP contribution in [-0.4, -0.2) is 16.8 Å². The summed E-state index contributed by atoms with van der Waals surface area (Å²) in [7, 11) is 0. The number of benzene rings is 2. The molecule has 26 heavy (non-hydrogen) atoms. The second-order valence-corrected chi connectivity index (χ2v) is 7.17. The predicted molar refractivity (Wildman–Crippen MR) is 106 cm³/mol. The minimum absolute atomic E-state index is 0.145. The average Bonchev–Trinajstić information content (AvgIpc) is 2.98. The van der Waals surface area contributed by atoms with Gasteiger partial charge in [-0.3, -0.25) is 9.59 Å². The first-order valence-corrected chi connectivity index (χ1v) is 8.61. The van der Waals surface area contributed by atoms with E-state index in [0.29, 0.717) is 16.4 Å². The molecule has 2 amide bonds. The summed E-state index contributed by atoms with van der Waals surface area (Å²) in [4.78, 5) is 27.3. The Morgan fingerprint density at radius 2 is 1.73 bits per heavy atom. The fourth-order valence-electron chi connectivity index (χ4n) is 2.90. The summed E-state index contributed by atoms with van der Waals surface area (Å²) in [6.07, 6.45) is 1.84.